The first-order valence-corrected chi connectivity index (χ1v) is 5.59. The molecule has 0 aliphatic carbocycles. The summed E-state index contributed by atoms with van der Waals surface area (Å²) in [7, 11) is 1.42. The molecule has 16 heavy (non-hydrogen) atoms. The fraction of sp³-hybridized carbons (Fsp3) is 0.364. The van der Waals surface area contributed by atoms with Gasteiger partial charge in [-0.1, -0.05) is 28.1 Å². The van der Waals surface area contributed by atoms with Gasteiger partial charge in [0.05, 0.1) is 7.11 Å². The van der Waals surface area contributed by atoms with Gasteiger partial charge in [0.25, 0.3) is 0 Å². The van der Waals surface area contributed by atoms with Crippen LogP contribution in [0.1, 0.15) is 11.1 Å². The van der Waals surface area contributed by atoms with Crippen molar-refractivity contribution in [2.75, 3.05) is 7.11 Å². The maximum atomic E-state index is 11.4. The standard InChI is InChI=1S/C11H12BrNO2.ClH/c1-15-11(14)10-5-8-7(6-13-10)3-2-4-9(8)12;/h2-4,10,13H,5-6H2,1H3;1H. The zero-order chi connectivity index (χ0) is 10.8. The molecule has 2 rings (SSSR count). The fourth-order valence-corrected chi connectivity index (χ4v) is 2.39. The first-order valence-electron chi connectivity index (χ1n) is 4.80. The molecule has 1 unspecified atom stereocenters. The number of halogens is 2. The molecule has 1 aliphatic heterocycles. The summed E-state index contributed by atoms with van der Waals surface area (Å²) in [4.78, 5) is 11.4. The highest BCUT2D eigenvalue weighted by Crippen LogP contribution is 2.25. The van der Waals surface area contributed by atoms with Gasteiger partial charge in [-0.2, -0.15) is 0 Å². The van der Waals surface area contributed by atoms with E-state index >= 15 is 0 Å². The molecule has 0 spiro atoms. The second kappa shape index (κ2) is 5.66. The number of hydrogen-bond acceptors (Lipinski definition) is 3. The Hall–Kier alpha value is -0.580. The third kappa shape index (κ3) is 2.56. The van der Waals surface area contributed by atoms with Gasteiger partial charge in [0.2, 0.25) is 0 Å². The van der Waals surface area contributed by atoms with Gasteiger partial charge in [-0.3, -0.25) is 4.79 Å². The van der Waals surface area contributed by atoms with Crippen LogP contribution in [0, 0.1) is 0 Å². The average molecular weight is 307 g/mol. The van der Waals surface area contributed by atoms with Crippen molar-refractivity contribution < 1.29 is 9.53 Å². The van der Waals surface area contributed by atoms with Gasteiger partial charge in [-0.25, -0.2) is 0 Å². The van der Waals surface area contributed by atoms with E-state index in [-0.39, 0.29) is 24.4 Å². The average Bonchev–Trinajstić information content (AvgIpc) is 2.28. The van der Waals surface area contributed by atoms with Gasteiger partial charge in [0.15, 0.2) is 0 Å². The van der Waals surface area contributed by atoms with Crippen LogP contribution in [0.4, 0.5) is 0 Å². The van der Waals surface area contributed by atoms with Gasteiger partial charge >= 0.3 is 5.97 Å². The molecule has 1 N–H and O–H groups in total. The maximum Gasteiger partial charge on any atom is 0.323 e. The van der Waals surface area contributed by atoms with Crippen molar-refractivity contribution in [3.05, 3.63) is 33.8 Å². The van der Waals surface area contributed by atoms with Crippen LogP contribution in [0.25, 0.3) is 0 Å². The molecule has 3 nitrogen and oxygen atoms in total. The normalized spacial score (nSPS) is 18.2. The Morgan fingerprint density at radius 3 is 3.00 bits per heavy atom. The molecule has 0 saturated carbocycles. The van der Waals surface area contributed by atoms with Crippen LogP contribution in [0.5, 0.6) is 0 Å². The predicted octanol–water partition coefficient (Wildman–Crippen LogP) is 2.06. The molecule has 0 aromatic heterocycles. The van der Waals surface area contributed by atoms with Crippen LogP contribution in [0.2, 0.25) is 0 Å². The lowest BCUT2D eigenvalue weighted by Crippen LogP contribution is -2.42. The number of esters is 1. The van der Waals surface area contributed by atoms with Crippen molar-refractivity contribution in [1.29, 1.82) is 0 Å². The van der Waals surface area contributed by atoms with E-state index in [2.05, 4.69) is 27.3 Å². The molecule has 0 radical (unpaired) electrons. The van der Waals surface area contributed by atoms with Crippen molar-refractivity contribution in [2.45, 2.75) is 19.0 Å². The maximum absolute atomic E-state index is 11.4. The number of hydrogen-bond donors (Lipinski definition) is 1. The molecule has 0 fully saturated rings. The number of carbonyl (C=O) groups excluding carboxylic acids is 1. The lowest BCUT2D eigenvalue weighted by atomic mass is 9.96. The third-order valence-electron chi connectivity index (χ3n) is 2.65. The predicted molar refractivity (Wildman–Crippen MR) is 67.7 cm³/mol. The van der Waals surface area contributed by atoms with Crippen LogP contribution in [-0.2, 0) is 22.5 Å². The summed E-state index contributed by atoms with van der Waals surface area (Å²) in [5, 5.41) is 3.16. The smallest absolute Gasteiger partial charge is 0.323 e. The second-order valence-corrected chi connectivity index (χ2v) is 4.39. The Balaban J connectivity index is 0.00000128. The lowest BCUT2D eigenvalue weighted by Gasteiger charge is -2.24. The first-order chi connectivity index (χ1) is 7.22. The van der Waals surface area contributed by atoms with E-state index in [4.69, 9.17) is 4.74 Å². The first kappa shape index (κ1) is 13.5. The van der Waals surface area contributed by atoms with E-state index in [9.17, 15) is 4.79 Å². The fourth-order valence-electron chi connectivity index (χ4n) is 1.82. The van der Waals surface area contributed by atoms with Crippen molar-refractivity contribution in [2.24, 2.45) is 0 Å². The van der Waals surface area contributed by atoms with E-state index in [0.29, 0.717) is 13.0 Å². The number of benzene rings is 1. The number of ether oxygens (including phenoxy) is 1. The Morgan fingerprint density at radius 2 is 2.31 bits per heavy atom. The molecule has 0 amide bonds. The Morgan fingerprint density at radius 1 is 1.56 bits per heavy atom. The van der Waals surface area contributed by atoms with Gasteiger partial charge in [0.1, 0.15) is 6.04 Å². The molecule has 0 bridgehead atoms. The summed E-state index contributed by atoms with van der Waals surface area (Å²) in [6.45, 7) is 0.717. The third-order valence-corrected chi connectivity index (χ3v) is 3.39. The Labute approximate surface area is 109 Å². The topological polar surface area (TPSA) is 38.3 Å². The van der Waals surface area contributed by atoms with Gasteiger partial charge in [0, 0.05) is 11.0 Å². The number of rotatable bonds is 1. The number of fused-ring (bicyclic) bond motifs is 1. The van der Waals surface area contributed by atoms with Crippen LogP contribution in [-0.4, -0.2) is 19.1 Å². The van der Waals surface area contributed by atoms with Crippen molar-refractivity contribution in [3.8, 4) is 0 Å². The summed E-state index contributed by atoms with van der Waals surface area (Å²) in [5.74, 6) is -0.198. The second-order valence-electron chi connectivity index (χ2n) is 3.54. The van der Waals surface area contributed by atoms with E-state index in [1.807, 2.05) is 12.1 Å². The van der Waals surface area contributed by atoms with Crippen molar-refractivity contribution >= 4 is 34.3 Å². The molecule has 1 aliphatic rings. The van der Waals surface area contributed by atoms with Crippen LogP contribution in [0.15, 0.2) is 22.7 Å². The van der Waals surface area contributed by atoms with E-state index < -0.39 is 0 Å². The van der Waals surface area contributed by atoms with E-state index in [0.717, 1.165) is 4.47 Å². The summed E-state index contributed by atoms with van der Waals surface area (Å²) in [5.41, 5.74) is 2.44. The minimum absolute atomic E-state index is 0. The Kier molecular flexibility index (Phi) is 4.77. The van der Waals surface area contributed by atoms with Gasteiger partial charge in [-0.15, -0.1) is 12.4 Å². The highest BCUT2D eigenvalue weighted by atomic mass is 79.9. The van der Waals surface area contributed by atoms with Crippen LogP contribution < -0.4 is 5.32 Å². The molecule has 0 saturated heterocycles. The van der Waals surface area contributed by atoms with E-state index in [1.165, 1.54) is 18.2 Å². The summed E-state index contributed by atoms with van der Waals surface area (Å²) < 4.78 is 5.79. The highest BCUT2D eigenvalue weighted by molar-refractivity contribution is 9.10. The quantitative estimate of drug-likeness (QED) is 0.807. The molecule has 1 heterocycles. The summed E-state index contributed by atoms with van der Waals surface area (Å²) >= 11 is 3.50. The molecule has 1 aromatic rings. The molecular formula is C11H13BrClNO2. The monoisotopic (exact) mass is 305 g/mol. The minimum atomic E-state index is -0.221. The van der Waals surface area contributed by atoms with Crippen molar-refractivity contribution in [1.82, 2.24) is 5.32 Å². The van der Waals surface area contributed by atoms with Crippen LogP contribution >= 0.6 is 28.3 Å². The molecule has 1 aromatic carbocycles. The molecular weight excluding hydrogens is 293 g/mol. The lowest BCUT2D eigenvalue weighted by molar-refractivity contribution is -0.143. The Bertz CT molecular complexity index is 398. The number of methoxy groups -OCH3 is 1. The number of nitrogens with one attached hydrogen (secondary N) is 1. The largest absolute Gasteiger partial charge is 0.468 e. The van der Waals surface area contributed by atoms with E-state index in [1.54, 1.807) is 0 Å². The highest BCUT2D eigenvalue weighted by Gasteiger charge is 2.25. The SMILES string of the molecule is COC(=O)C1Cc2c(Br)cccc2CN1.Cl. The zero-order valence-corrected chi connectivity index (χ0v) is 11.2. The number of carbonyl (C=O) groups is 1. The minimum Gasteiger partial charge on any atom is -0.468 e. The van der Waals surface area contributed by atoms with Gasteiger partial charge in [-0.05, 0) is 23.6 Å². The molecule has 1 atom stereocenters. The molecule has 88 valence electrons. The van der Waals surface area contributed by atoms with Gasteiger partial charge < -0.3 is 10.1 Å². The zero-order valence-electron chi connectivity index (χ0n) is 8.83. The summed E-state index contributed by atoms with van der Waals surface area (Å²) in [6, 6.07) is 5.85. The van der Waals surface area contributed by atoms with Crippen molar-refractivity contribution in [3.63, 3.8) is 0 Å². The van der Waals surface area contributed by atoms with Crippen LogP contribution in [0.3, 0.4) is 0 Å². The molecule has 5 heteroatoms. The summed E-state index contributed by atoms with van der Waals surface area (Å²) in [6.07, 6.45) is 0.684.